The standard InChI is InChI=1S/C12H18N2O2/c1-4-16-12(15)11-10-7-5-6-9(10)8(2)14(11)13-3/h13H,4-7H2,1-3H3. The van der Waals surface area contributed by atoms with Crippen molar-refractivity contribution in [1.29, 1.82) is 0 Å². The molecule has 4 nitrogen and oxygen atoms in total. The lowest BCUT2D eigenvalue weighted by atomic mass is 10.1. The molecule has 2 rings (SSSR count). The number of aromatic nitrogens is 1. The lowest BCUT2D eigenvalue weighted by molar-refractivity contribution is 0.0514. The first-order chi connectivity index (χ1) is 7.70. The molecule has 0 atom stereocenters. The highest BCUT2D eigenvalue weighted by Gasteiger charge is 2.28. The molecule has 1 aliphatic rings. The molecule has 0 fully saturated rings. The van der Waals surface area contributed by atoms with E-state index in [1.807, 2.05) is 25.6 Å². The van der Waals surface area contributed by atoms with Crippen molar-refractivity contribution < 1.29 is 9.53 Å². The Hall–Kier alpha value is -1.45. The first kappa shape index (κ1) is 11.0. The Bertz CT molecular complexity index is 417. The highest BCUT2D eigenvalue weighted by molar-refractivity contribution is 5.90. The summed E-state index contributed by atoms with van der Waals surface area (Å²) in [7, 11) is 1.82. The fourth-order valence-electron chi connectivity index (χ4n) is 2.54. The van der Waals surface area contributed by atoms with Crippen LogP contribution in [0.1, 0.15) is 40.7 Å². The molecule has 0 radical (unpaired) electrons. The normalized spacial score (nSPS) is 13.7. The number of ether oxygens (including phenoxy) is 1. The number of nitrogens with zero attached hydrogens (tertiary/aromatic N) is 1. The van der Waals surface area contributed by atoms with Gasteiger partial charge in [0.25, 0.3) is 0 Å². The third kappa shape index (κ3) is 1.49. The molecule has 1 aliphatic carbocycles. The number of rotatable bonds is 3. The molecule has 0 saturated heterocycles. The maximum atomic E-state index is 11.9. The summed E-state index contributed by atoms with van der Waals surface area (Å²) >= 11 is 0. The van der Waals surface area contributed by atoms with Crippen LogP contribution in [0.25, 0.3) is 0 Å². The summed E-state index contributed by atoms with van der Waals surface area (Å²) in [5.74, 6) is -0.219. The van der Waals surface area contributed by atoms with Crippen molar-refractivity contribution in [3.63, 3.8) is 0 Å². The maximum Gasteiger partial charge on any atom is 0.357 e. The topological polar surface area (TPSA) is 43.3 Å². The maximum absolute atomic E-state index is 11.9. The van der Waals surface area contributed by atoms with Gasteiger partial charge in [-0.2, -0.15) is 0 Å². The highest BCUT2D eigenvalue weighted by atomic mass is 16.5. The number of hydrogen-bond donors (Lipinski definition) is 1. The van der Waals surface area contributed by atoms with E-state index < -0.39 is 0 Å². The van der Waals surface area contributed by atoms with Crippen molar-refractivity contribution in [2.24, 2.45) is 0 Å². The van der Waals surface area contributed by atoms with Gasteiger partial charge in [0.1, 0.15) is 0 Å². The van der Waals surface area contributed by atoms with Gasteiger partial charge >= 0.3 is 5.97 Å². The van der Waals surface area contributed by atoms with Crippen LogP contribution >= 0.6 is 0 Å². The highest BCUT2D eigenvalue weighted by Crippen LogP contribution is 2.30. The fraction of sp³-hybridized carbons (Fsp3) is 0.583. The average Bonchev–Trinajstić information content (AvgIpc) is 2.80. The summed E-state index contributed by atoms with van der Waals surface area (Å²) in [5.41, 5.74) is 7.36. The van der Waals surface area contributed by atoms with Crippen molar-refractivity contribution in [3.05, 3.63) is 22.5 Å². The van der Waals surface area contributed by atoms with Crippen molar-refractivity contribution in [2.45, 2.75) is 33.1 Å². The number of carbonyl (C=O) groups is 1. The smallest absolute Gasteiger partial charge is 0.357 e. The second kappa shape index (κ2) is 4.20. The number of nitrogens with one attached hydrogen (secondary N) is 1. The number of hydrogen-bond acceptors (Lipinski definition) is 3. The molecule has 0 aromatic carbocycles. The molecular weight excluding hydrogens is 204 g/mol. The predicted octanol–water partition coefficient (Wildman–Crippen LogP) is 1.64. The predicted molar refractivity (Wildman–Crippen MR) is 62.4 cm³/mol. The van der Waals surface area contributed by atoms with Crippen molar-refractivity contribution in [2.75, 3.05) is 19.1 Å². The molecule has 0 bridgehead atoms. The van der Waals surface area contributed by atoms with E-state index >= 15 is 0 Å². The quantitative estimate of drug-likeness (QED) is 0.790. The van der Waals surface area contributed by atoms with E-state index in [1.165, 1.54) is 11.1 Å². The van der Waals surface area contributed by atoms with Gasteiger partial charge in [-0.15, -0.1) is 0 Å². The fourth-order valence-corrected chi connectivity index (χ4v) is 2.54. The van der Waals surface area contributed by atoms with E-state index in [0.29, 0.717) is 12.3 Å². The molecule has 1 N–H and O–H groups in total. The second-order valence-electron chi connectivity index (χ2n) is 4.02. The minimum atomic E-state index is -0.219. The van der Waals surface area contributed by atoms with E-state index in [0.717, 1.165) is 25.0 Å². The van der Waals surface area contributed by atoms with Gasteiger partial charge < -0.3 is 10.2 Å². The monoisotopic (exact) mass is 222 g/mol. The third-order valence-electron chi connectivity index (χ3n) is 3.19. The van der Waals surface area contributed by atoms with Crippen LogP contribution in [0.4, 0.5) is 0 Å². The van der Waals surface area contributed by atoms with Crippen LogP contribution in [0.3, 0.4) is 0 Å². The molecule has 16 heavy (non-hydrogen) atoms. The van der Waals surface area contributed by atoms with Gasteiger partial charge in [-0.25, -0.2) is 4.79 Å². The minimum Gasteiger partial charge on any atom is -0.461 e. The van der Waals surface area contributed by atoms with E-state index in [-0.39, 0.29) is 5.97 Å². The minimum absolute atomic E-state index is 0.219. The molecular formula is C12H18N2O2. The Morgan fingerprint density at radius 3 is 2.75 bits per heavy atom. The molecule has 0 amide bonds. The van der Waals surface area contributed by atoms with E-state index in [9.17, 15) is 4.79 Å². The summed E-state index contributed by atoms with van der Waals surface area (Å²) in [5, 5.41) is 0. The Morgan fingerprint density at radius 2 is 2.12 bits per heavy atom. The molecule has 4 heteroatoms. The third-order valence-corrected chi connectivity index (χ3v) is 3.19. The van der Waals surface area contributed by atoms with Crippen LogP contribution in [-0.4, -0.2) is 24.3 Å². The zero-order valence-corrected chi connectivity index (χ0v) is 10.1. The number of fused-ring (bicyclic) bond motifs is 1. The van der Waals surface area contributed by atoms with Crippen molar-refractivity contribution in [3.8, 4) is 0 Å². The Morgan fingerprint density at radius 1 is 1.44 bits per heavy atom. The lowest BCUT2D eigenvalue weighted by Gasteiger charge is -2.11. The number of carbonyl (C=O) groups excluding carboxylic acids is 1. The first-order valence-corrected chi connectivity index (χ1v) is 5.78. The molecule has 88 valence electrons. The average molecular weight is 222 g/mol. The van der Waals surface area contributed by atoms with Gasteiger partial charge in [0.15, 0.2) is 5.69 Å². The van der Waals surface area contributed by atoms with Crippen LogP contribution in [0.15, 0.2) is 0 Å². The van der Waals surface area contributed by atoms with Gasteiger partial charge in [-0.1, -0.05) is 0 Å². The molecule has 0 aliphatic heterocycles. The van der Waals surface area contributed by atoms with Gasteiger partial charge in [0.2, 0.25) is 0 Å². The zero-order chi connectivity index (χ0) is 11.7. The van der Waals surface area contributed by atoms with E-state index in [1.54, 1.807) is 0 Å². The summed E-state index contributed by atoms with van der Waals surface area (Å²) < 4.78 is 6.96. The molecule has 1 aromatic rings. The SMILES string of the molecule is CCOC(=O)c1c2c(c(C)n1NC)CCC2. The summed E-state index contributed by atoms with van der Waals surface area (Å²) in [6.45, 7) is 4.29. The van der Waals surface area contributed by atoms with Crippen molar-refractivity contribution >= 4 is 5.97 Å². The Labute approximate surface area is 95.6 Å². The van der Waals surface area contributed by atoms with Crippen molar-refractivity contribution in [1.82, 2.24) is 4.68 Å². The Balaban J connectivity index is 2.50. The Kier molecular flexibility index (Phi) is 2.90. The van der Waals surface area contributed by atoms with Gasteiger partial charge in [-0.05, 0) is 44.2 Å². The second-order valence-corrected chi connectivity index (χ2v) is 4.02. The largest absolute Gasteiger partial charge is 0.461 e. The van der Waals surface area contributed by atoms with Gasteiger partial charge in [0, 0.05) is 12.7 Å². The summed E-state index contributed by atoms with van der Waals surface area (Å²) in [6.07, 6.45) is 3.20. The zero-order valence-electron chi connectivity index (χ0n) is 10.1. The van der Waals surface area contributed by atoms with Crippen LogP contribution in [0.5, 0.6) is 0 Å². The summed E-state index contributed by atoms with van der Waals surface area (Å²) in [4.78, 5) is 11.9. The van der Waals surface area contributed by atoms with Crippen LogP contribution in [0, 0.1) is 6.92 Å². The van der Waals surface area contributed by atoms with Crippen LogP contribution in [0.2, 0.25) is 0 Å². The molecule has 1 aromatic heterocycles. The van der Waals surface area contributed by atoms with Gasteiger partial charge in [-0.3, -0.25) is 4.68 Å². The lowest BCUT2D eigenvalue weighted by Crippen LogP contribution is -2.20. The molecule has 0 spiro atoms. The summed E-state index contributed by atoms with van der Waals surface area (Å²) in [6, 6.07) is 0. The number of esters is 1. The van der Waals surface area contributed by atoms with E-state index in [2.05, 4.69) is 5.43 Å². The van der Waals surface area contributed by atoms with Crippen LogP contribution in [-0.2, 0) is 17.6 Å². The molecule has 1 heterocycles. The first-order valence-electron chi connectivity index (χ1n) is 5.78. The van der Waals surface area contributed by atoms with E-state index in [4.69, 9.17) is 4.74 Å². The molecule has 0 unspecified atom stereocenters. The van der Waals surface area contributed by atoms with Crippen LogP contribution < -0.4 is 5.43 Å². The molecule has 0 saturated carbocycles. The van der Waals surface area contributed by atoms with Gasteiger partial charge in [0.05, 0.1) is 6.61 Å².